The Hall–Kier alpha value is -0.820. The second-order valence-electron chi connectivity index (χ2n) is 5.26. The van der Waals surface area contributed by atoms with Gasteiger partial charge in [-0.2, -0.15) is 0 Å². The summed E-state index contributed by atoms with van der Waals surface area (Å²) in [4.78, 5) is 0. The highest BCUT2D eigenvalue weighted by atomic mass is 16.3. The summed E-state index contributed by atoms with van der Waals surface area (Å²) >= 11 is 0. The molecule has 1 nitrogen and oxygen atoms in total. The van der Waals surface area contributed by atoms with Crippen molar-refractivity contribution in [3.63, 3.8) is 0 Å². The van der Waals surface area contributed by atoms with Gasteiger partial charge in [-0.1, -0.05) is 44.0 Å². The molecule has 0 saturated heterocycles. The molecule has 1 aliphatic rings. The molecule has 0 aliphatic heterocycles. The molecule has 1 aromatic carbocycles. The molecule has 88 valence electrons. The Labute approximate surface area is 98.5 Å². The first-order valence-electron chi connectivity index (χ1n) is 6.45. The molecule has 1 heteroatoms. The summed E-state index contributed by atoms with van der Waals surface area (Å²) in [5.41, 5.74) is 2.51. The van der Waals surface area contributed by atoms with Crippen molar-refractivity contribution in [2.24, 2.45) is 5.92 Å². The van der Waals surface area contributed by atoms with Gasteiger partial charge in [0.15, 0.2) is 0 Å². The van der Waals surface area contributed by atoms with Crippen LogP contribution in [0.5, 0.6) is 0 Å². The van der Waals surface area contributed by atoms with Gasteiger partial charge in [0.2, 0.25) is 0 Å². The van der Waals surface area contributed by atoms with Gasteiger partial charge in [-0.25, -0.2) is 0 Å². The zero-order valence-corrected chi connectivity index (χ0v) is 10.3. The topological polar surface area (TPSA) is 20.2 Å². The largest absolute Gasteiger partial charge is 0.389 e. The lowest BCUT2D eigenvalue weighted by Crippen LogP contribution is -2.13. The van der Waals surface area contributed by atoms with Crippen molar-refractivity contribution < 1.29 is 5.11 Å². The predicted octanol–water partition coefficient (Wildman–Crippen LogP) is 4.03. The van der Waals surface area contributed by atoms with E-state index >= 15 is 0 Å². The van der Waals surface area contributed by atoms with Crippen molar-refractivity contribution in [1.82, 2.24) is 0 Å². The van der Waals surface area contributed by atoms with E-state index in [1.54, 1.807) is 0 Å². The molecule has 2 rings (SSSR count). The average molecular weight is 218 g/mol. The van der Waals surface area contributed by atoms with Gasteiger partial charge in [0.05, 0.1) is 6.10 Å². The molecule has 1 saturated carbocycles. The molecule has 0 spiro atoms. The number of benzene rings is 1. The van der Waals surface area contributed by atoms with Crippen molar-refractivity contribution in [3.8, 4) is 0 Å². The third-order valence-corrected chi connectivity index (χ3v) is 3.90. The van der Waals surface area contributed by atoms with Crippen LogP contribution in [0.2, 0.25) is 0 Å². The van der Waals surface area contributed by atoms with E-state index in [2.05, 4.69) is 25.1 Å². The SMILES string of the molecule is CC1CCC(c2ccccc2C(C)O)CC1. The van der Waals surface area contributed by atoms with Gasteiger partial charge in [0, 0.05) is 0 Å². The molecule has 0 bridgehead atoms. The Morgan fingerprint density at radius 2 is 1.75 bits per heavy atom. The first-order valence-corrected chi connectivity index (χ1v) is 6.45. The van der Waals surface area contributed by atoms with Gasteiger partial charge < -0.3 is 5.11 Å². The zero-order valence-electron chi connectivity index (χ0n) is 10.3. The van der Waals surface area contributed by atoms with Crippen LogP contribution in [0, 0.1) is 5.92 Å². The van der Waals surface area contributed by atoms with Gasteiger partial charge in [0.1, 0.15) is 0 Å². The maximum absolute atomic E-state index is 9.79. The van der Waals surface area contributed by atoms with E-state index in [1.807, 2.05) is 13.0 Å². The molecular weight excluding hydrogens is 196 g/mol. The van der Waals surface area contributed by atoms with Crippen LogP contribution in [0.25, 0.3) is 0 Å². The molecular formula is C15H22O. The Morgan fingerprint density at radius 1 is 1.12 bits per heavy atom. The van der Waals surface area contributed by atoms with E-state index < -0.39 is 0 Å². The van der Waals surface area contributed by atoms with Crippen LogP contribution in [0.15, 0.2) is 24.3 Å². The molecule has 0 radical (unpaired) electrons. The normalized spacial score (nSPS) is 27.7. The summed E-state index contributed by atoms with van der Waals surface area (Å²) in [6.07, 6.45) is 4.89. The van der Waals surface area contributed by atoms with E-state index in [-0.39, 0.29) is 6.10 Å². The minimum Gasteiger partial charge on any atom is -0.389 e. The fourth-order valence-corrected chi connectivity index (χ4v) is 2.83. The summed E-state index contributed by atoms with van der Waals surface area (Å²) in [6.45, 7) is 4.21. The predicted molar refractivity (Wildman–Crippen MR) is 67.4 cm³/mol. The number of hydrogen-bond acceptors (Lipinski definition) is 1. The third kappa shape index (κ3) is 2.46. The van der Waals surface area contributed by atoms with Crippen molar-refractivity contribution in [2.75, 3.05) is 0 Å². The highest BCUT2D eigenvalue weighted by Gasteiger charge is 2.22. The van der Waals surface area contributed by atoms with Crippen LogP contribution in [0.4, 0.5) is 0 Å². The van der Waals surface area contributed by atoms with Crippen LogP contribution in [-0.4, -0.2) is 5.11 Å². The molecule has 1 fully saturated rings. The zero-order chi connectivity index (χ0) is 11.5. The molecule has 0 amide bonds. The number of aliphatic hydroxyl groups is 1. The average Bonchev–Trinajstić information content (AvgIpc) is 2.30. The maximum atomic E-state index is 9.79. The van der Waals surface area contributed by atoms with Crippen molar-refractivity contribution in [3.05, 3.63) is 35.4 Å². The molecule has 0 heterocycles. The fourth-order valence-electron chi connectivity index (χ4n) is 2.83. The second-order valence-corrected chi connectivity index (χ2v) is 5.26. The minimum atomic E-state index is -0.337. The van der Waals surface area contributed by atoms with Gasteiger partial charge in [-0.05, 0) is 42.7 Å². The number of aliphatic hydroxyl groups excluding tert-OH is 1. The van der Waals surface area contributed by atoms with E-state index in [9.17, 15) is 5.11 Å². The third-order valence-electron chi connectivity index (χ3n) is 3.90. The van der Waals surface area contributed by atoms with Crippen LogP contribution >= 0.6 is 0 Å². The van der Waals surface area contributed by atoms with Crippen LogP contribution in [-0.2, 0) is 0 Å². The summed E-state index contributed by atoms with van der Waals surface area (Å²) in [7, 11) is 0. The lowest BCUT2D eigenvalue weighted by atomic mass is 9.77. The van der Waals surface area contributed by atoms with E-state index in [4.69, 9.17) is 0 Å². The minimum absolute atomic E-state index is 0.337. The standard InChI is InChI=1S/C15H22O/c1-11-7-9-13(10-8-11)15-6-4-3-5-14(15)12(2)16/h3-6,11-13,16H,7-10H2,1-2H3. The van der Waals surface area contributed by atoms with E-state index in [0.717, 1.165) is 11.5 Å². The van der Waals surface area contributed by atoms with Gasteiger partial charge >= 0.3 is 0 Å². The monoisotopic (exact) mass is 218 g/mol. The Morgan fingerprint density at radius 3 is 2.38 bits per heavy atom. The van der Waals surface area contributed by atoms with Gasteiger partial charge in [0.25, 0.3) is 0 Å². The van der Waals surface area contributed by atoms with Crippen LogP contribution < -0.4 is 0 Å². The molecule has 0 aromatic heterocycles. The van der Waals surface area contributed by atoms with Crippen LogP contribution in [0.3, 0.4) is 0 Å². The lowest BCUT2D eigenvalue weighted by Gasteiger charge is -2.28. The molecule has 1 unspecified atom stereocenters. The second kappa shape index (κ2) is 5.01. The number of rotatable bonds is 2. The molecule has 16 heavy (non-hydrogen) atoms. The van der Waals surface area contributed by atoms with E-state index in [1.165, 1.54) is 31.2 Å². The summed E-state index contributed by atoms with van der Waals surface area (Å²) in [5, 5.41) is 9.79. The molecule has 1 atom stereocenters. The maximum Gasteiger partial charge on any atom is 0.0764 e. The van der Waals surface area contributed by atoms with Gasteiger partial charge in [-0.15, -0.1) is 0 Å². The van der Waals surface area contributed by atoms with Crippen molar-refractivity contribution in [2.45, 2.75) is 51.6 Å². The van der Waals surface area contributed by atoms with Crippen molar-refractivity contribution in [1.29, 1.82) is 0 Å². The highest BCUT2D eigenvalue weighted by molar-refractivity contribution is 5.32. The Bertz CT molecular complexity index is 335. The fraction of sp³-hybridized carbons (Fsp3) is 0.600. The first kappa shape index (κ1) is 11.7. The summed E-state index contributed by atoms with van der Waals surface area (Å²) < 4.78 is 0. The Balaban J connectivity index is 2.19. The quantitative estimate of drug-likeness (QED) is 0.794. The first-order chi connectivity index (χ1) is 7.68. The summed E-state index contributed by atoms with van der Waals surface area (Å²) in [6, 6.07) is 8.39. The lowest BCUT2D eigenvalue weighted by molar-refractivity contribution is 0.196. The molecule has 1 N–H and O–H groups in total. The summed E-state index contributed by atoms with van der Waals surface area (Å²) in [5.74, 6) is 1.55. The van der Waals surface area contributed by atoms with E-state index in [0.29, 0.717) is 5.92 Å². The molecule has 1 aliphatic carbocycles. The van der Waals surface area contributed by atoms with Crippen LogP contribution in [0.1, 0.15) is 62.7 Å². The highest BCUT2D eigenvalue weighted by Crippen LogP contribution is 2.38. The number of hydrogen-bond donors (Lipinski definition) is 1. The Kier molecular flexibility index (Phi) is 3.65. The molecule has 1 aromatic rings. The smallest absolute Gasteiger partial charge is 0.0764 e. The van der Waals surface area contributed by atoms with Gasteiger partial charge in [-0.3, -0.25) is 0 Å². The van der Waals surface area contributed by atoms with Crippen molar-refractivity contribution >= 4 is 0 Å².